The third-order valence-corrected chi connectivity index (χ3v) is 3.03. The highest BCUT2D eigenvalue weighted by Gasteiger charge is 2.16. The number of hydrogen-bond acceptors (Lipinski definition) is 5. The number of benzene rings is 1. The van der Waals surface area contributed by atoms with Crippen molar-refractivity contribution in [1.29, 1.82) is 0 Å². The van der Waals surface area contributed by atoms with Crippen molar-refractivity contribution in [3.8, 4) is 5.75 Å². The summed E-state index contributed by atoms with van der Waals surface area (Å²) >= 11 is 0. The molecule has 1 aromatic carbocycles. The number of carbonyl (C=O) groups excluding carboxylic acids is 1. The molecule has 0 bridgehead atoms. The van der Waals surface area contributed by atoms with Crippen LogP contribution in [0.25, 0.3) is 0 Å². The number of hydrogen-bond donors (Lipinski definition) is 1. The van der Waals surface area contributed by atoms with Gasteiger partial charge in [-0.3, -0.25) is 9.78 Å². The molecule has 1 heterocycles. The Balaban J connectivity index is 2.10. The number of methoxy groups -OCH3 is 1. The van der Waals surface area contributed by atoms with E-state index in [9.17, 15) is 4.79 Å². The molecule has 2 aromatic rings. The largest absolute Gasteiger partial charge is 0.494 e. The zero-order chi connectivity index (χ0) is 15.8. The van der Waals surface area contributed by atoms with Crippen LogP contribution in [0.5, 0.6) is 5.75 Å². The van der Waals surface area contributed by atoms with E-state index in [1.165, 1.54) is 18.6 Å². The second-order valence-corrected chi connectivity index (χ2v) is 4.57. The molecule has 0 fully saturated rings. The van der Waals surface area contributed by atoms with Crippen LogP contribution < -0.4 is 10.1 Å². The van der Waals surface area contributed by atoms with Crippen LogP contribution in [-0.4, -0.2) is 36.2 Å². The smallest absolute Gasteiger partial charge is 0.272 e. The van der Waals surface area contributed by atoms with Crippen LogP contribution in [-0.2, 0) is 4.74 Å². The molecule has 0 aliphatic rings. The zero-order valence-electron chi connectivity index (χ0n) is 12.7. The summed E-state index contributed by atoms with van der Waals surface area (Å²) in [5.74, 6) is 0.506. The average molecular weight is 301 g/mol. The predicted octanol–water partition coefficient (Wildman–Crippen LogP) is 1.99. The average Bonchev–Trinajstić information content (AvgIpc) is 2.56. The molecule has 0 aliphatic carbocycles. The Labute approximate surface area is 129 Å². The van der Waals surface area contributed by atoms with Crippen LogP contribution in [0.4, 0.5) is 0 Å². The molecule has 0 aliphatic heterocycles. The molecule has 0 saturated carbocycles. The first kappa shape index (κ1) is 15.9. The maximum absolute atomic E-state index is 12.2. The first-order chi connectivity index (χ1) is 10.7. The van der Waals surface area contributed by atoms with Gasteiger partial charge in [0, 0.05) is 19.5 Å². The van der Waals surface area contributed by atoms with Crippen molar-refractivity contribution >= 4 is 5.91 Å². The fourth-order valence-corrected chi connectivity index (χ4v) is 2.00. The SMILES string of the molecule is CCOc1ccc([C@@H](COC)NC(=O)c2cnccn2)cc1. The molecule has 0 spiro atoms. The highest BCUT2D eigenvalue weighted by atomic mass is 16.5. The van der Waals surface area contributed by atoms with Crippen molar-refractivity contribution in [2.45, 2.75) is 13.0 Å². The fraction of sp³-hybridized carbons (Fsp3) is 0.312. The summed E-state index contributed by atoms with van der Waals surface area (Å²) < 4.78 is 10.6. The van der Waals surface area contributed by atoms with Crippen molar-refractivity contribution in [2.24, 2.45) is 0 Å². The van der Waals surface area contributed by atoms with Crippen molar-refractivity contribution in [1.82, 2.24) is 15.3 Å². The van der Waals surface area contributed by atoms with Gasteiger partial charge >= 0.3 is 0 Å². The molecule has 6 heteroatoms. The molecule has 0 unspecified atom stereocenters. The van der Waals surface area contributed by atoms with Gasteiger partial charge in [0.25, 0.3) is 5.91 Å². The van der Waals surface area contributed by atoms with Crippen molar-refractivity contribution in [3.63, 3.8) is 0 Å². The fourth-order valence-electron chi connectivity index (χ4n) is 2.00. The zero-order valence-corrected chi connectivity index (χ0v) is 12.7. The van der Waals surface area contributed by atoms with Crippen LogP contribution >= 0.6 is 0 Å². The summed E-state index contributed by atoms with van der Waals surface area (Å²) in [5.41, 5.74) is 1.21. The van der Waals surface area contributed by atoms with E-state index >= 15 is 0 Å². The van der Waals surface area contributed by atoms with E-state index in [2.05, 4.69) is 15.3 Å². The lowest BCUT2D eigenvalue weighted by Crippen LogP contribution is -2.31. The highest BCUT2D eigenvalue weighted by molar-refractivity contribution is 5.92. The number of rotatable bonds is 7. The van der Waals surface area contributed by atoms with E-state index in [-0.39, 0.29) is 17.6 Å². The minimum absolute atomic E-state index is 0.268. The number of carbonyl (C=O) groups is 1. The summed E-state index contributed by atoms with van der Waals surface area (Å²) in [4.78, 5) is 20.1. The first-order valence-electron chi connectivity index (χ1n) is 7.03. The maximum Gasteiger partial charge on any atom is 0.272 e. The second kappa shape index (κ2) is 8.09. The number of nitrogens with zero attached hydrogens (tertiary/aromatic N) is 2. The minimum Gasteiger partial charge on any atom is -0.494 e. The third-order valence-electron chi connectivity index (χ3n) is 3.03. The van der Waals surface area contributed by atoms with Gasteiger partial charge in [0.15, 0.2) is 0 Å². The number of aromatic nitrogens is 2. The van der Waals surface area contributed by atoms with Crippen molar-refractivity contribution in [2.75, 3.05) is 20.3 Å². The monoisotopic (exact) mass is 301 g/mol. The van der Waals surface area contributed by atoms with Crippen molar-refractivity contribution < 1.29 is 14.3 Å². The summed E-state index contributed by atoms with van der Waals surface area (Å²) in [6.45, 7) is 2.91. The molecule has 2 rings (SSSR count). The Kier molecular flexibility index (Phi) is 5.85. The van der Waals surface area contributed by atoms with E-state index in [1.807, 2.05) is 31.2 Å². The molecule has 0 radical (unpaired) electrons. The third kappa shape index (κ3) is 4.26. The van der Waals surface area contributed by atoms with E-state index in [4.69, 9.17) is 9.47 Å². The topological polar surface area (TPSA) is 73.3 Å². The lowest BCUT2D eigenvalue weighted by Gasteiger charge is -2.18. The molecular weight excluding hydrogens is 282 g/mol. The lowest BCUT2D eigenvalue weighted by atomic mass is 10.1. The Morgan fingerprint density at radius 1 is 1.27 bits per heavy atom. The summed E-state index contributed by atoms with van der Waals surface area (Å²) in [6.07, 6.45) is 4.43. The van der Waals surface area contributed by atoms with Crippen LogP contribution in [0.2, 0.25) is 0 Å². The summed E-state index contributed by atoms with van der Waals surface area (Å²) in [6, 6.07) is 7.29. The molecule has 116 valence electrons. The van der Waals surface area contributed by atoms with Gasteiger partial charge < -0.3 is 14.8 Å². The number of ether oxygens (including phenoxy) is 2. The van der Waals surface area contributed by atoms with Gasteiger partial charge in [-0.1, -0.05) is 12.1 Å². The molecule has 1 aromatic heterocycles. The highest BCUT2D eigenvalue weighted by Crippen LogP contribution is 2.18. The van der Waals surface area contributed by atoms with Crippen molar-refractivity contribution in [3.05, 3.63) is 54.1 Å². The van der Waals surface area contributed by atoms with Gasteiger partial charge in [0.1, 0.15) is 11.4 Å². The Hall–Kier alpha value is -2.47. The predicted molar refractivity (Wildman–Crippen MR) is 81.7 cm³/mol. The lowest BCUT2D eigenvalue weighted by molar-refractivity contribution is 0.0891. The van der Waals surface area contributed by atoms with Crippen LogP contribution in [0.3, 0.4) is 0 Å². The Bertz CT molecular complexity index is 587. The van der Waals surface area contributed by atoms with Gasteiger partial charge in [-0.15, -0.1) is 0 Å². The van der Waals surface area contributed by atoms with E-state index in [0.29, 0.717) is 13.2 Å². The molecule has 1 N–H and O–H groups in total. The van der Waals surface area contributed by atoms with Gasteiger partial charge in [-0.05, 0) is 24.6 Å². The van der Waals surface area contributed by atoms with Crippen LogP contribution in [0, 0.1) is 0 Å². The Morgan fingerprint density at radius 3 is 2.64 bits per heavy atom. The quantitative estimate of drug-likeness (QED) is 0.846. The van der Waals surface area contributed by atoms with Gasteiger partial charge in [0.05, 0.1) is 25.5 Å². The van der Waals surface area contributed by atoms with Crippen LogP contribution in [0.15, 0.2) is 42.9 Å². The molecule has 22 heavy (non-hydrogen) atoms. The molecule has 6 nitrogen and oxygen atoms in total. The van der Waals surface area contributed by atoms with E-state index < -0.39 is 0 Å². The number of amides is 1. The molecular formula is C16H19N3O3. The van der Waals surface area contributed by atoms with Gasteiger partial charge in [-0.25, -0.2) is 4.98 Å². The molecule has 0 saturated heterocycles. The molecule has 1 atom stereocenters. The normalized spacial score (nSPS) is 11.7. The van der Waals surface area contributed by atoms with Gasteiger partial charge in [0.2, 0.25) is 0 Å². The molecule has 1 amide bonds. The summed E-state index contributed by atoms with van der Waals surface area (Å²) in [5, 5.41) is 2.89. The van der Waals surface area contributed by atoms with E-state index in [0.717, 1.165) is 11.3 Å². The Morgan fingerprint density at radius 2 is 2.05 bits per heavy atom. The first-order valence-corrected chi connectivity index (χ1v) is 7.03. The van der Waals surface area contributed by atoms with E-state index in [1.54, 1.807) is 7.11 Å². The second-order valence-electron chi connectivity index (χ2n) is 4.57. The minimum atomic E-state index is -0.288. The maximum atomic E-state index is 12.2. The van der Waals surface area contributed by atoms with Crippen LogP contribution in [0.1, 0.15) is 29.0 Å². The van der Waals surface area contributed by atoms with Gasteiger partial charge in [-0.2, -0.15) is 0 Å². The number of nitrogens with one attached hydrogen (secondary N) is 1. The standard InChI is InChI=1S/C16H19N3O3/c1-3-22-13-6-4-12(5-7-13)15(11-21-2)19-16(20)14-10-17-8-9-18-14/h4-10,15H,3,11H2,1-2H3,(H,19,20)/t15-/m1/s1. The summed E-state index contributed by atoms with van der Waals surface area (Å²) in [7, 11) is 1.59.